The first kappa shape index (κ1) is 24.9. The molecular formula is C24H29F3N2O4. The second-order valence-electron chi connectivity index (χ2n) is 7.93. The van der Waals surface area contributed by atoms with E-state index in [-0.39, 0.29) is 11.7 Å². The molecular weight excluding hydrogens is 437 g/mol. The number of rotatable bonds is 10. The zero-order chi connectivity index (χ0) is 23.7. The molecule has 1 fully saturated rings. The maximum Gasteiger partial charge on any atom is 0.422 e. The van der Waals surface area contributed by atoms with Crippen molar-refractivity contribution in [1.29, 1.82) is 0 Å². The molecule has 0 aromatic heterocycles. The summed E-state index contributed by atoms with van der Waals surface area (Å²) in [6, 6.07) is 13.6. The molecule has 0 aliphatic carbocycles. The van der Waals surface area contributed by atoms with E-state index in [1.807, 2.05) is 24.3 Å². The van der Waals surface area contributed by atoms with Gasteiger partial charge in [0.05, 0.1) is 0 Å². The third-order valence-corrected chi connectivity index (χ3v) is 5.40. The van der Waals surface area contributed by atoms with Gasteiger partial charge >= 0.3 is 6.18 Å². The molecule has 6 nitrogen and oxygen atoms in total. The second kappa shape index (κ2) is 11.9. The third kappa shape index (κ3) is 8.58. The van der Waals surface area contributed by atoms with Gasteiger partial charge in [0.2, 0.25) is 0 Å². The highest BCUT2D eigenvalue weighted by Crippen LogP contribution is 2.19. The topological polar surface area (TPSA) is 60.0 Å². The first-order valence-corrected chi connectivity index (χ1v) is 10.9. The summed E-state index contributed by atoms with van der Waals surface area (Å²) in [7, 11) is 2.10. The molecule has 180 valence electrons. The molecule has 2 aromatic carbocycles. The van der Waals surface area contributed by atoms with Crippen LogP contribution in [0.25, 0.3) is 0 Å². The minimum atomic E-state index is -4.41. The van der Waals surface area contributed by atoms with Crippen molar-refractivity contribution in [1.82, 2.24) is 10.2 Å². The van der Waals surface area contributed by atoms with Crippen molar-refractivity contribution in [2.75, 3.05) is 40.0 Å². The minimum absolute atomic E-state index is 0.0520. The molecule has 3 rings (SSSR count). The number of benzene rings is 2. The minimum Gasteiger partial charge on any atom is -0.492 e. The molecule has 0 unspecified atom stereocenters. The Morgan fingerprint density at radius 3 is 2.52 bits per heavy atom. The monoisotopic (exact) mass is 466 g/mol. The third-order valence-electron chi connectivity index (χ3n) is 5.40. The summed E-state index contributed by atoms with van der Waals surface area (Å²) >= 11 is 0. The molecule has 0 atom stereocenters. The van der Waals surface area contributed by atoms with Gasteiger partial charge in [0, 0.05) is 37.9 Å². The van der Waals surface area contributed by atoms with E-state index in [2.05, 4.69) is 22.0 Å². The van der Waals surface area contributed by atoms with Gasteiger partial charge in [-0.25, -0.2) is 0 Å². The summed E-state index contributed by atoms with van der Waals surface area (Å²) in [5, 5.41) is 2.80. The van der Waals surface area contributed by atoms with Crippen molar-refractivity contribution in [3.8, 4) is 11.5 Å². The van der Waals surface area contributed by atoms with Crippen LogP contribution in [-0.2, 0) is 11.3 Å². The van der Waals surface area contributed by atoms with Gasteiger partial charge in [0.15, 0.2) is 6.61 Å². The smallest absolute Gasteiger partial charge is 0.422 e. The number of ether oxygens (including phenoxy) is 3. The normalized spacial score (nSPS) is 14.8. The zero-order valence-corrected chi connectivity index (χ0v) is 18.6. The number of nitrogens with one attached hydrogen (secondary N) is 1. The first-order valence-electron chi connectivity index (χ1n) is 10.9. The Morgan fingerprint density at radius 2 is 1.82 bits per heavy atom. The summed E-state index contributed by atoms with van der Waals surface area (Å²) in [6.07, 6.45) is -2.33. The Balaban J connectivity index is 1.42. The van der Waals surface area contributed by atoms with Crippen molar-refractivity contribution in [2.45, 2.75) is 31.6 Å². The quantitative estimate of drug-likeness (QED) is 0.573. The number of halogens is 3. The van der Waals surface area contributed by atoms with E-state index in [9.17, 15) is 18.0 Å². The SMILES string of the molecule is CN(CCOc1cccc(CNC(=O)c2ccc(OCC(F)(F)F)cc2)c1)C1CCOCC1. The number of carbonyl (C=O) groups excluding carboxylic acids is 1. The van der Waals surface area contributed by atoms with Crippen molar-refractivity contribution in [3.63, 3.8) is 0 Å². The van der Waals surface area contributed by atoms with Crippen molar-refractivity contribution in [2.24, 2.45) is 0 Å². The van der Waals surface area contributed by atoms with Crippen LogP contribution in [0.3, 0.4) is 0 Å². The largest absolute Gasteiger partial charge is 0.492 e. The highest BCUT2D eigenvalue weighted by atomic mass is 19.4. The molecule has 33 heavy (non-hydrogen) atoms. The van der Waals surface area contributed by atoms with Crippen LogP contribution < -0.4 is 14.8 Å². The molecule has 0 saturated carbocycles. The standard InChI is InChI=1S/C24H29F3N2O4/c1-29(20-9-12-31-13-10-20)11-14-32-22-4-2-3-18(15-22)16-28-23(30)19-5-7-21(8-6-19)33-17-24(25,26)27/h2-8,15,20H,9-14,16-17H2,1H3,(H,28,30). The van der Waals surface area contributed by atoms with Gasteiger partial charge in [-0.2, -0.15) is 13.2 Å². The van der Waals surface area contributed by atoms with E-state index in [0.29, 0.717) is 24.8 Å². The molecule has 1 amide bonds. The lowest BCUT2D eigenvalue weighted by Gasteiger charge is -2.31. The Bertz CT molecular complexity index is 884. The van der Waals surface area contributed by atoms with Crippen LogP contribution in [0.1, 0.15) is 28.8 Å². The molecule has 2 aromatic rings. The van der Waals surface area contributed by atoms with Crippen LogP contribution in [0.2, 0.25) is 0 Å². The number of alkyl halides is 3. The summed E-state index contributed by atoms with van der Waals surface area (Å²) in [5.41, 5.74) is 1.21. The highest BCUT2D eigenvalue weighted by Gasteiger charge is 2.28. The van der Waals surface area contributed by atoms with E-state index in [1.165, 1.54) is 24.3 Å². The molecule has 1 aliphatic heterocycles. The summed E-state index contributed by atoms with van der Waals surface area (Å²) in [5.74, 6) is 0.450. The van der Waals surface area contributed by atoms with Gasteiger partial charge in [0.25, 0.3) is 5.91 Å². The van der Waals surface area contributed by atoms with Gasteiger partial charge in [-0.3, -0.25) is 9.69 Å². The molecule has 9 heteroatoms. The van der Waals surface area contributed by atoms with E-state index >= 15 is 0 Å². The lowest BCUT2D eigenvalue weighted by Crippen LogP contribution is -2.38. The second-order valence-corrected chi connectivity index (χ2v) is 7.93. The van der Waals surface area contributed by atoms with E-state index in [1.54, 1.807) is 0 Å². The van der Waals surface area contributed by atoms with Crippen LogP contribution in [0.15, 0.2) is 48.5 Å². The van der Waals surface area contributed by atoms with Crippen LogP contribution in [-0.4, -0.2) is 63.0 Å². The van der Waals surface area contributed by atoms with E-state index in [0.717, 1.165) is 43.9 Å². The molecule has 1 N–H and O–H groups in total. The molecule has 1 saturated heterocycles. The summed E-state index contributed by atoms with van der Waals surface area (Å²) in [4.78, 5) is 14.6. The number of nitrogens with zero attached hydrogens (tertiary/aromatic N) is 1. The van der Waals surface area contributed by atoms with Crippen LogP contribution in [0.5, 0.6) is 11.5 Å². The Hall–Kier alpha value is -2.78. The van der Waals surface area contributed by atoms with Gasteiger partial charge in [-0.15, -0.1) is 0 Å². The molecule has 1 aliphatic rings. The van der Waals surface area contributed by atoms with Crippen LogP contribution in [0, 0.1) is 0 Å². The molecule has 0 radical (unpaired) electrons. The lowest BCUT2D eigenvalue weighted by atomic mass is 10.1. The first-order chi connectivity index (χ1) is 15.8. The van der Waals surface area contributed by atoms with Crippen LogP contribution >= 0.6 is 0 Å². The Labute approximate surface area is 191 Å². The van der Waals surface area contributed by atoms with Crippen molar-refractivity contribution >= 4 is 5.91 Å². The number of amides is 1. The zero-order valence-electron chi connectivity index (χ0n) is 18.6. The Kier molecular flexibility index (Phi) is 8.96. The predicted molar refractivity (Wildman–Crippen MR) is 118 cm³/mol. The number of carbonyl (C=O) groups is 1. The number of hydrogen-bond donors (Lipinski definition) is 1. The van der Waals surface area contributed by atoms with Gasteiger partial charge in [-0.05, 0) is 61.9 Å². The maximum absolute atomic E-state index is 12.4. The fraction of sp³-hybridized carbons (Fsp3) is 0.458. The van der Waals surface area contributed by atoms with Gasteiger partial charge < -0.3 is 19.5 Å². The summed E-state index contributed by atoms with van der Waals surface area (Å²) in [6.45, 7) is 1.91. The number of hydrogen-bond acceptors (Lipinski definition) is 5. The highest BCUT2D eigenvalue weighted by molar-refractivity contribution is 5.94. The van der Waals surface area contributed by atoms with Crippen LogP contribution in [0.4, 0.5) is 13.2 Å². The fourth-order valence-corrected chi connectivity index (χ4v) is 3.51. The lowest BCUT2D eigenvalue weighted by molar-refractivity contribution is -0.153. The Morgan fingerprint density at radius 1 is 1.09 bits per heavy atom. The van der Waals surface area contributed by atoms with E-state index < -0.39 is 12.8 Å². The van der Waals surface area contributed by atoms with Crippen molar-refractivity contribution < 1.29 is 32.2 Å². The number of likely N-dealkylation sites (N-methyl/N-ethyl adjacent to an activating group) is 1. The average molecular weight is 467 g/mol. The maximum atomic E-state index is 12.4. The average Bonchev–Trinajstić information content (AvgIpc) is 2.82. The molecule has 0 bridgehead atoms. The van der Waals surface area contributed by atoms with Gasteiger partial charge in [-0.1, -0.05) is 12.1 Å². The fourth-order valence-electron chi connectivity index (χ4n) is 3.51. The molecule has 1 heterocycles. The van der Waals surface area contributed by atoms with E-state index in [4.69, 9.17) is 9.47 Å². The predicted octanol–water partition coefficient (Wildman–Crippen LogP) is 4.05. The van der Waals surface area contributed by atoms with Gasteiger partial charge in [0.1, 0.15) is 18.1 Å². The molecule has 0 spiro atoms. The van der Waals surface area contributed by atoms with Crippen molar-refractivity contribution in [3.05, 3.63) is 59.7 Å². The summed E-state index contributed by atoms with van der Waals surface area (Å²) < 4.78 is 52.6.